The minimum absolute atomic E-state index is 0.0241. The standard InChI is InChI=1S/C22H27N3O3/c1-24(2)21(26)20-12-7-13-25(20)22(27)23-15-18-10-6-11-19(14-18)28-16-17-8-4-3-5-9-17/h3-6,8-11,14,20H,7,12-13,15-16H2,1-2H3,(H,23,27). The maximum absolute atomic E-state index is 12.6. The molecule has 0 bridgehead atoms. The van der Waals surface area contributed by atoms with Gasteiger partial charge in [-0.2, -0.15) is 0 Å². The fourth-order valence-corrected chi connectivity index (χ4v) is 3.33. The number of amides is 3. The fourth-order valence-electron chi connectivity index (χ4n) is 3.33. The van der Waals surface area contributed by atoms with Gasteiger partial charge in [-0.05, 0) is 36.1 Å². The van der Waals surface area contributed by atoms with Crippen LogP contribution in [0.4, 0.5) is 4.79 Å². The van der Waals surface area contributed by atoms with Gasteiger partial charge in [-0.1, -0.05) is 42.5 Å². The number of carbonyl (C=O) groups excluding carboxylic acids is 2. The highest BCUT2D eigenvalue weighted by molar-refractivity contribution is 5.87. The molecule has 1 unspecified atom stereocenters. The molecule has 2 aromatic carbocycles. The second-order valence-corrected chi connectivity index (χ2v) is 7.16. The highest BCUT2D eigenvalue weighted by Gasteiger charge is 2.34. The van der Waals surface area contributed by atoms with Gasteiger partial charge in [-0.3, -0.25) is 4.79 Å². The molecular weight excluding hydrogens is 354 g/mol. The number of nitrogens with one attached hydrogen (secondary N) is 1. The van der Waals surface area contributed by atoms with Gasteiger partial charge in [0, 0.05) is 27.2 Å². The SMILES string of the molecule is CN(C)C(=O)C1CCCN1C(=O)NCc1cccc(OCc2ccccc2)c1. The molecule has 0 aromatic heterocycles. The van der Waals surface area contributed by atoms with Crippen molar-refractivity contribution in [2.24, 2.45) is 0 Å². The van der Waals surface area contributed by atoms with Crippen LogP contribution < -0.4 is 10.1 Å². The maximum Gasteiger partial charge on any atom is 0.318 e. The molecule has 0 radical (unpaired) electrons. The van der Waals surface area contributed by atoms with E-state index in [1.54, 1.807) is 23.9 Å². The van der Waals surface area contributed by atoms with Crippen LogP contribution in [0.2, 0.25) is 0 Å². The first-order valence-electron chi connectivity index (χ1n) is 9.56. The smallest absolute Gasteiger partial charge is 0.318 e. The number of hydrogen-bond donors (Lipinski definition) is 1. The Bertz CT molecular complexity index is 808. The maximum atomic E-state index is 12.6. The Morgan fingerprint density at radius 2 is 1.86 bits per heavy atom. The van der Waals surface area contributed by atoms with E-state index in [9.17, 15) is 9.59 Å². The predicted molar refractivity (Wildman–Crippen MR) is 108 cm³/mol. The van der Waals surface area contributed by atoms with E-state index >= 15 is 0 Å². The third-order valence-corrected chi connectivity index (χ3v) is 4.83. The molecule has 148 valence electrons. The molecule has 1 fully saturated rings. The number of hydrogen-bond acceptors (Lipinski definition) is 3. The summed E-state index contributed by atoms with van der Waals surface area (Å²) in [4.78, 5) is 28.0. The highest BCUT2D eigenvalue weighted by Crippen LogP contribution is 2.19. The average Bonchev–Trinajstić information content (AvgIpc) is 3.21. The summed E-state index contributed by atoms with van der Waals surface area (Å²) in [6.07, 6.45) is 1.56. The van der Waals surface area contributed by atoms with Crippen LogP contribution in [0.15, 0.2) is 54.6 Å². The Kier molecular flexibility index (Phi) is 6.53. The molecule has 2 aromatic rings. The lowest BCUT2D eigenvalue weighted by atomic mass is 10.2. The first-order valence-corrected chi connectivity index (χ1v) is 9.56. The van der Waals surface area contributed by atoms with Crippen molar-refractivity contribution in [2.45, 2.75) is 32.0 Å². The van der Waals surface area contributed by atoms with Crippen molar-refractivity contribution in [1.82, 2.24) is 15.1 Å². The van der Waals surface area contributed by atoms with Crippen LogP contribution >= 0.6 is 0 Å². The second-order valence-electron chi connectivity index (χ2n) is 7.16. The molecule has 1 N–H and O–H groups in total. The molecule has 1 aliphatic heterocycles. The quantitative estimate of drug-likeness (QED) is 0.837. The van der Waals surface area contributed by atoms with Gasteiger partial charge in [0.2, 0.25) is 5.91 Å². The Hall–Kier alpha value is -3.02. The summed E-state index contributed by atoms with van der Waals surface area (Å²) in [5.74, 6) is 0.737. The lowest BCUT2D eigenvalue weighted by molar-refractivity contribution is -0.132. The number of carbonyl (C=O) groups is 2. The third-order valence-electron chi connectivity index (χ3n) is 4.83. The van der Waals surface area contributed by atoms with Crippen molar-refractivity contribution in [3.05, 3.63) is 65.7 Å². The summed E-state index contributed by atoms with van der Waals surface area (Å²) in [6.45, 7) is 1.50. The Morgan fingerprint density at radius 3 is 2.61 bits per heavy atom. The molecule has 0 spiro atoms. The Morgan fingerprint density at radius 1 is 1.11 bits per heavy atom. The molecule has 6 nitrogen and oxygen atoms in total. The molecule has 1 atom stereocenters. The monoisotopic (exact) mass is 381 g/mol. The molecular formula is C22H27N3O3. The van der Waals surface area contributed by atoms with Crippen molar-refractivity contribution < 1.29 is 14.3 Å². The van der Waals surface area contributed by atoms with E-state index in [0.29, 0.717) is 26.1 Å². The highest BCUT2D eigenvalue weighted by atomic mass is 16.5. The van der Waals surface area contributed by atoms with Crippen molar-refractivity contribution in [2.75, 3.05) is 20.6 Å². The van der Waals surface area contributed by atoms with Gasteiger partial charge in [0.15, 0.2) is 0 Å². The van der Waals surface area contributed by atoms with Crippen LogP contribution in [0.3, 0.4) is 0 Å². The van der Waals surface area contributed by atoms with Crippen LogP contribution in [0, 0.1) is 0 Å². The molecule has 1 heterocycles. The first kappa shape index (κ1) is 19.7. The molecule has 0 saturated carbocycles. The third kappa shape index (κ3) is 5.03. The van der Waals surface area contributed by atoms with Gasteiger partial charge in [0.1, 0.15) is 18.4 Å². The zero-order valence-electron chi connectivity index (χ0n) is 16.4. The van der Waals surface area contributed by atoms with Crippen molar-refractivity contribution >= 4 is 11.9 Å². The normalized spacial score (nSPS) is 15.9. The molecule has 3 amide bonds. The number of ether oxygens (including phenoxy) is 1. The van der Waals surface area contributed by atoms with Gasteiger partial charge in [0.25, 0.3) is 0 Å². The van der Waals surface area contributed by atoms with Crippen LogP contribution in [-0.4, -0.2) is 48.4 Å². The summed E-state index contributed by atoms with van der Waals surface area (Å²) in [5.41, 5.74) is 2.06. The van der Waals surface area contributed by atoms with Gasteiger partial charge in [-0.15, -0.1) is 0 Å². The van der Waals surface area contributed by atoms with Gasteiger partial charge < -0.3 is 19.9 Å². The zero-order valence-corrected chi connectivity index (χ0v) is 16.4. The van der Waals surface area contributed by atoms with Crippen molar-refractivity contribution in [3.63, 3.8) is 0 Å². The lowest BCUT2D eigenvalue weighted by Crippen LogP contribution is -2.49. The average molecular weight is 381 g/mol. The number of likely N-dealkylation sites (N-methyl/N-ethyl adjacent to an activating group) is 1. The van der Waals surface area contributed by atoms with Crippen LogP contribution in [-0.2, 0) is 17.9 Å². The molecule has 1 saturated heterocycles. The molecule has 1 aliphatic rings. The van der Waals surface area contributed by atoms with Crippen LogP contribution in [0.25, 0.3) is 0 Å². The van der Waals surface area contributed by atoms with Gasteiger partial charge >= 0.3 is 6.03 Å². The molecule has 6 heteroatoms. The van der Waals surface area contributed by atoms with E-state index in [1.807, 2.05) is 54.6 Å². The van der Waals surface area contributed by atoms with Crippen LogP contribution in [0.1, 0.15) is 24.0 Å². The molecule has 28 heavy (non-hydrogen) atoms. The molecule has 3 rings (SSSR count). The minimum atomic E-state index is -0.365. The minimum Gasteiger partial charge on any atom is -0.489 e. The van der Waals surface area contributed by atoms with E-state index in [4.69, 9.17) is 4.74 Å². The number of rotatable bonds is 6. The summed E-state index contributed by atoms with van der Waals surface area (Å²) in [7, 11) is 3.44. The fraction of sp³-hybridized carbons (Fsp3) is 0.364. The van der Waals surface area contributed by atoms with E-state index in [0.717, 1.165) is 23.3 Å². The van der Waals surface area contributed by atoms with E-state index in [-0.39, 0.29) is 18.0 Å². The summed E-state index contributed by atoms with van der Waals surface area (Å²) in [6, 6.07) is 17.1. The van der Waals surface area contributed by atoms with Gasteiger partial charge in [-0.25, -0.2) is 4.79 Å². The van der Waals surface area contributed by atoms with Crippen molar-refractivity contribution in [3.8, 4) is 5.75 Å². The van der Waals surface area contributed by atoms with E-state index < -0.39 is 0 Å². The number of urea groups is 1. The first-order chi connectivity index (χ1) is 13.5. The number of nitrogens with zero attached hydrogens (tertiary/aromatic N) is 2. The molecule has 0 aliphatic carbocycles. The van der Waals surface area contributed by atoms with Gasteiger partial charge in [0.05, 0.1) is 0 Å². The van der Waals surface area contributed by atoms with E-state index in [1.165, 1.54) is 0 Å². The number of benzene rings is 2. The largest absolute Gasteiger partial charge is 0.489 e. The Labute approximate surface area is 166 Å². The van der Waals surface area contributed by atoms with Crippen molar-refractivity contribution in [1.29, 1.82) is 0 Å². The topological polar surface area (TPSA) is 61.9 Å². The summed E-state index contributed by atoms with van der Waals surface area (Å²) >= 11 is 0. The lowest BCUT2D eigenvalue weighted by Gasteiger charge is -2.26. The number of likely N-dealkylation sites (tertiary alicyclic amines) is 1. The van der Waals surface area contributed by atoms with E-state index in [2.05, 4.69) is 5.32 Å². The predicted octanol–water partition coefficient (Wildman–Crippen LogP) is 3.03. The Balaban J connectivity index is 1.54. The second kappa shape index (κ2) is 9.26. The summed E-state index contributed by atoms with van der Waals surface area (Å²) < 4.78 is 5.84. The summed E-state index contributed by atoms with van der Waals surface area (Å²) in [5, 5.41) is 2.93. The zero-order chi connectivity index (χ0) is 19.9. The van der Waals surface area contributed by atoms with Crippen LogP contribution in [0.5, 0.6) is 5.75 Å².